The maximum Gasteiger partial charge on any atom is 0.539 e. The molecule has 0 bridgehead atoms. The van der Waals surface area contributed by atoms with Gasteiger partial charge < -0.3 is 29.0 Å². The second kappa shape index (κ2) is 36.3. The van der Waals surface area contributed by atoms with Crippen LogP contribution in [-0.2, 0) is 56.8 Å². The Balaban J connectivity index is 0. The topological polar surface area (TPSA) is 191 Å². The highest BCUT2D eigenvalue weighted by atomic mass is 31.1. The van der Waals surface area contributed by atoms with Crippen LogP contribution in [0.5, 0.6) is 0 Å². The Morgan fingerprint density at radius 2 is 0.896 bits per heavy atom. The van der Waals surface area contributed by atoms with E-state index in [0.29, 0.717) is 51.2 Å². The molecule has 1 aliphatic heterocycles. The molecule has 1 heterocycles. The Labute approximate surface area is 405 Å². The zero-order valence-electron chi connectivity index (χ0n) is 43.4. The van der Waals surface area contributed by atoms with Crippen molar-refractivity contribution in [1.82, 2.24) is 24.0 Å². The Bertz CT molecular complexity index is 1500. The van der Waals surface area contributed by atoms with Crippen LogP contribution in [0, 0.1) is 29.6 Å². The molecule has 1 N–H and O–H groups in total. The van der Waals surface area contributed by atoms with E-state index in [1.54, 1.807) is 36.9 Å². The molecule has 0 aromatic rings. The molecule has 0 fully saturated rings. The first-order valence-corrected chi connectivity index (χ1v) is 25.4. The monoisotopic (exact) mass is 988 g/mol. The third kappa shape index (κ3) is 24.9. The van der Waals surface area contributed by atoms with Crippen LogP contribution < -0.4 is 5.32 Å². The summed E-state index contributed by atoms with van der Waals surface area (Å²) in [6, 6.07) is -2.87. The van der Waals surface area contributed by atoms with Crippen molar-refractivity contribution in [1.29, 1.82) is 0 Å². The van der Waals surface area contributed by atoms with E-state index in [1.807, 2.05) is 67.5 Å². The molecule has 0 saturated heterocycles. The van der Waals surface area contributed by atoms with E-state index in [9.17, 15) is 33.1 Å². The number of rotatable bonds is 28. The molecular weight excluding hydrogens is 900 g/mol. The van der Waals surface area contributed by atoms with Crippen LogP contribution in [0.3, 0.4) is 0 Å². The van der Waals surface area contributed by atoms with Gasteiger partial charge in [-0.2, -0.15) is 0 Å². The summed E-state index contributed by atoms with van der Waals surface area (Å²) in [5.41, 5.74) is 0. The molecular formula is C48H87N5O12P2+2. The molecule has 384 valence electrons. The molecule has 0 amide bonds. The fraction of sp³-hybridized carbons (Fsp3) is 0.729. The van der Waals surface area contributed by atoms with Gasteiger partial charge in [0.2, 0.25) is 0 Å². The van der Waals surface area contributed by atoms with E-state index >= 15 is 0 Å². The molecule has 0 aromatic heterocycles. The van der Waals surface area contributed by atoms with E-state index in [-0.39, 0.29) is 48.8 Å². The minimum absolute atomic E-state index is 0.180. The first kappa shape index (κ1) is 65.4. The molecule has 0 saturated carbocycles. The summed E-state index contributed by atoms with van der Waals surface area (Å²) >= 11 is 0. The third-order valence-electron chi connectivity index (χ3n) is 10.1. The third-order valence-corrected chi connectivity index (χ3v) is 13.6. The van der Waals surface area contributed by atoms with E-state index in [4.69, 9.17) is 18.9 Å². The highest BCUT2D eigenvalue weighted by Crippen LogP contribution is 2.41. The number of hydrogen-bond acceptors (Lipinski definition) is 13. The van der Waals surface area contributed by atoms with Crippen molar-refractivity contribution in [3.8, 4) is 0 Å². The zero-order valence-corrected chi connectivity index (χ0v) is 45.2. The quantitative estimate of drug-likeness (QED) is 0.0342. The van der Waals surface area contributed by atoms with Gasteiger partial charge in [0, 0.05) is 6.54 Å². The van der Waals surface area contributed by atoms with Crippen molar-refractivity contribution in [3.63, 3.8) is 0 Å². The van der Waals surface area contributed by atoms with Gasteiger partial charge in [-0.15, -0.1) is 19.7 Å². The van der Waals surface area contributed by atoms with Gasteiger partial charge in [-0.05, 0) is 70.8 Å². The van der Waals surface area contributed by atoms with Crippen molar-refractivity contribution >= 4 is 46.1 Å². The number of esters is 5. The Hall–Kier alpha value is -3.69. The number of nitrogens with one attached hydrogen (secondary N) is 1. The molecule has 5 atom stereocenters. The van der Waals surface area contributed by atoms with Gasteiger partial charge in [-0.3, -0.25) is 24.0 Å². The van der Waals surface area contributed by atoms with Crippen molar-refractivity contribution in [2.24, 2.45) is 29.6 Å². The van der Waals surface area contributed by atoms with Crippen molar-refractivity contribution in [2.45, 2.75) is 132 Å². The number of nitrogens with zero attached hydrogens (tertiary/aromatic N) is 4. The molecule has 0 unspecified atom stereocenters. The normalized spacial score (nSPS) is 15.3. The summed E-state index contributed by atoms with van der Waals surface area (Å²) in [4.78, 5) is 60.7. The van der Waals surface area contributed by atoms with Gasteiger partial charge in [0.15, 0.2) is 24.2 Å². The second-order valence-electron chi connectivity index (χ2n) is 18.1. The summed E-state index contributed by atoms with van der Waals surface area (Å²) in [5.74, 6) is -0.639. The number of methoxy groups -OCH3 is 5. The number of carbonyl (C=O) groups is 5. The molecule has 0 aliphatic carbocycles. The van der Waals surface area contributed by atoms with Gasteiger partial charge in [0.1, 0.15) is 6.04 Å². The molecule has 1 aliphatic rings. The standard InChI is InChI=1S/C20H36N2O5P.C18H32N2O5P.C10H19NO2/c1-9-11-21(17(13-15(3)4)19(23)26-7)28(25)22(12-10-2)18(14-16(5)6)20(24)27-8;1-13(2)11-15(17(21)24-5)19-9-7-8-10-20(26(19)23)16(12-14(3)4)18(22)25-6;1-5-6-11-9(7-8(2)3)10(12)13-4/h9-10,15-18H,1-2,11-14H2,3-8H3;7-8,13-16H,9-12H2,1-6H3;5,8-9,11H,1,6-7H2,2-4H3/q2*+1;/t17-,18-;15-,16-;9-/m000/s1. The summed E-state index contributed by atoms with van der Waals surface area (Å²) < 4.78 is 57.8. The second-order valence-corrected chi connectivity index (χ2v) is 21.2. The van der Waals surface area contributed by atoms with Crippen LogP contribution >= 0.6 is 16.2 Å². The average molecular weight is 988 g/mol. The van der Waals surface area contributed by atoms with Crippen LogP contribution in [0.15, 0.2) is 50.1 Å². The minimum atomic E-state index is -2.26. The largest absolute Gasteiger partial charge is 0.539 e. The highest BCUT2D eigenvalue weighted by Gasteiger charge is 2.51. The smallest absolute Gasteiger partial charge is 0.468 e. The molecule has 1 rings (SSSR count). The van der Waals surface area contributed by atoms with E-state index in [0.717, 1.165) is 6.42 Å². The lowest BCUT2D eigenvalue weighted by Crippen LogP contribution is -2.45. The molecule has 17 nitrogen and oxygen atoms in total. The van der Waals surface area contributed by atoms with E-state index in [1.165, 1.54) is 35.5 Å². The molecule has 67 heavy (non-hydrogen) atoms. The number of ether oxygens (including phenoxy) is 5. The summed E-state index contributed by atoms with van der Waals surface area (Å²) in [7, 11) is 2.33. The molecule has 0 radical (unpaired) electrons. The maximum atomic E-state index is 13.6. The maximum absolute atomic E-state index is 13.6. The summed E-state index contributed by atoms with van der Waals surface area (Å²) in [5, 5.41) is 3.06. The van der Waals surface area contributed by atoms with Crippen LogP contribution in [-0.4, -0.2) is 147 Å². The predicted molar refractivity (Wildman–Crippen MR) is 266 cm³/mol. The first-order valence-electron chi connectivity index (χ1n) is 23.1. The average Bonchev–Trinajstić information content (AvgIpc) is 3.47. The predicted octanol–water partition coefficient (Wildman–Crippen LogP) is 8.14. The van der Waals surface area contributed by atoms with Gasteiger partial charge in [-0.25, -0.2) is 0 Å². The van der Waals surface area contributed by atoms with Crippen LogP contribution in [0.25, 0.3) is 0 Å². The lowest BCUT2D eigenvalue weighted by Gasteiger charge is -2.27. The van der Waals surface area contributed by atoms with Gasteiger partial charge in [-0.1, -0.05) is 118 Å². The number of hydrogen-bond donors (Lipinski definition) is 1. The van der Waals surface area contributed by atoms with Gasteiger partial charge >= 0.3 is 46.1 Å². The lowest BCUT2D eigenvalue weighted by atomic mass is 10.0. The summed E-state index contributed by atoms with van der Waals surface area (Å²) in [6.45, 7) is 32.9. The van der Waals surface area contributed by atoms with Crippen LogP contribution in [0.4, 0.5) is 0 Å². The minimum Gasteiger partial charge on any atom is -0.468 e. The van der Waals surface area contributed by atoms with Gasteiger partial charge in [0.25, 0.3) is 0 Å². The molecule has 0 aromatic carbocycles. The first-order chi connectivity index (χ1) is 31.5. The molecule has 0 spiro atoms. The fourth-order valence-corrected chi connectivity index (χ4v) is 10.3. The zero-order chi connectivity index (χ0) is 52.0. The van der Waals surface area contributed by atoms with Crippen molar-refractivity contribution in [2.75, 3.05) is 68.3 Å². The van der Waals surface area contributed by atoms with Crippen LogP contribution in [0.1, 0.15) is 101 Å². The lowest BCUT2D eigenvalue weighted by molar-refractivity contribution is -0.147. The Kier molecular flexibility index (Phi) is 35.4. The Morgan fingerprint density at radius 3 is 1.16 bits per heavy atom. The Morgan fingerprint density at radius 1 is 0.567 bits per heavy atom. The fourth-order valence-electron chi connectivity index (χ4n) is 6.98. The number of carbonyl (C=O) groups excluding carboxylic acids is 5. The highest BCUT2D eigenvalue weighted by molar-refractivity contribution is 7.39. The van der Waals surface area contributed by atoms with E-state index < -0.39 is 64.2 Å². The van der Waals surface area contributed by atoms with Gasteiger partial charge in [0.05, 0.1) is 61.7 Å². The van der Waals surface area contributed by atoms with Crippen molar-refractivity contribution < 1.29 is 56.8 Å². The molecule has 19 heteroatoms. The summed E-state index contributed by atoms with van der Waals surface area (Å²) in [6.07, 6.45) is 11.5. The van der Waals surface area contributed by atoms with Crippen LogP contribution in [0.2, 0.25) is 0 Å². The van der Waals surface area contributed by atoms with Crippen molar-refractivity contribution in [3.05, 3.63) is 50.1 Å². The SMILES string of the molecule is C=CCN([C@@H](CC(C)C)C(=O)OC)[P+](=O)N(CC=C)[C@@H](CC(C)C)C(=O)OC.C=CCN[C@@H](CC(C)C)C(=O)OC.COC(=O)[C@H](CC(C)C)N1CC=CCN([C@@H](CC(C)C)C(=O)OC)[P+]1=O. The van der Waals surface area contributed by atoms with E-state index in [2.05, 4.69) is 43.6 Å².